The smallest absolute Gasteiger partial charge is 0.132 e. The minimum atomic E-state index is -0.448. The lowest BCUT2D eigenvalue weighted by Crippen LogP contribution is -1.95. The summed E-state index contributed by atoms with van der Waals surface area (Å²) in [6, 6.07) is 3.70. The Morgan fingerprint density at radius 1 is 1.58 bits per heavy atom. The first-order chi connectivity index (χ1) is 5.74. The second-order valence-electron chi connectivity index (χ2n) is 2.80. The Labute approximate surface area is 80.7 Å². The van der Waals surface area contributed by atoms with Crippen LogP contribution in [0.1, 0.15) is 30.5 Å². The molecule has 1 aromatic rings. The van der Waals surface area contributed by atoms with E-state index in [0.717, 1.165) is 23.9 Å². The van der Waals surface area contributed by atoms with E-state index in [1.807, 2.05) is 19.1 Å². The van der Waals surface area contributed by atoms with E-state index in [2.05, 4.69) is 15.9 Å². The minimum Gasteiger partial charge on any atom is -0.464 e. The number of aliphatic hydroxyl groups excluding tert-OH is 1. The van der Waals surface area contributed by atoms with Crippen LogP contribution in [0.3, 0.4) is 0 Å². The second-order valence-corrected chi connectivity index (χ2v) is 3.59. The van der Waals surface area contributed by atoms with Crippen molar-refractivity contribution >= 4 is 15.9 Å². The molecule has 0 aliphatic rings. The molecule has 1 heterocycles. The highest BCUT2D eigenvalue weighted by Gasteiger charge is 2.09. The minimum absolute atomic E-state index is 0.448. The summed E-state index contributed by atoms with van der Waals surface area (Å²) in [5, 5.41) is 10.5. The Morgan fingerprint density at radius 3 is 2.83 bits per heavy atom. The molecule has 1 rings (SSSR count). The van der Waals surface area contributed by atoms with Gasteiger partial charge in [-0.25, -0.2) is 0 Å². The molecule has 0 aliphatic carbocycles. The van der Waals surface area contributed by atoms with Crippen molar-refractivity contribution in [1.82, 2.24) is 0 Å². The number of hydrogen-bond donors (Lipinski definition) is 1. The number of hydrogen-bond acceptors (Lipinski definition) is 2. The van der Waals surface area contributed by atoms with Crippen molar-refractivity contribution in [3.05, 3.63) is 23.7 Å². The molecule has 0 saturated carbocycles. The van der Waals surface area contributed by atoms with E-state index in [1.54, 1.807) is 0 Å². The van der Waals surface area contributed by atoms with Gasteiger partial charge >= 0.3 is 0 Å². The molecule has 0 unspecified atom stereocenters. The molecule has 0 spiro atoms. The first-order valence-electron chi connectivity index (χ1n) is 4.04. The third-order valence-corrected chi connectivity index (χ3v) is 2.26. The summed E-state index contributed by atoms with van der Waals surface area (Å²) in [6.07, 6.45) is 1.26. The van der Waals surface area contributed by atoms with E-state index < -0.39 is 6.10 Å². The lowest BCUT2D eigenvalue weighted by molar-refractivity contribution is 0.138. The van der Waals surface area contributed by atoms with Crippen LogP contribution in [0.25, 0.3) is 0 Å². The number of furan rings is 1. The number of aryl methyl sites for hydroxylation is 1. The molecule has 1 atom stereocenters. The molecule has 0 saturated heterocycles. The summed E-state index contributed by atoms with van der Waals surface area (Å²) < 4.78 is 5.28. The molecule has 3 heteroatoms. The van der Waals surface area contributed by atoms with Crippen molar-refractivity contribution in [2.24, 2.45) is 0 Å². The Morgan fingerprint density at radius 2 is 2.33 bits per heavy atom. The van der Waals surface area contributed by atoms with Gasteiger partial charge in [-0.1, -0.05) is 15.9 Å². The lowest BCUT2D eigenvalue weighted by Gasteiger charge is -2.04. The molecule has 2 nitrogen and oxygen atoms in total. The van der Waals surface area contributed by atoms with Crippen LogP contribution in [-0.4, -0.2) is 10.4 Å². The maximum Gasteiger partial charge on any atom is 0.132 e. The zero-order valence-corrected chi connectivity index (χ0v) is 8.67. The topological polar surface area (TPSA) is 33.4 Å². The average Bonchev–Trinajstić information content (AvgIpc) is 2.47. The van der Waals surface area contributed by atoms with Crippen molar-refractivity contribution < 1.29 is 9.52 Å². The van der Waals surface area contributed by atoms with E-state index in [9.17, 15) is 5.11 Å². The third-order valence-electron chi connectivity index (χ3n) is 1.70. The average molecular weight is 233 g/mol. The van der Waals surface area contributed by atoms with Crippen molar-refractivity contribution in [3.63, 3.8) is 0 Å². The third kappa shape index (κ3) is 2.64. The van der Waals surface area contributed by atoms with Gasteiger partial charge in [0.25, 0.3) is 0 Å². The maximum atomic E-state index is 9.55. The van der Waals surface area contributed by atoms with E-state index in [0.29, 0.717) is 5.76 Å². The van der Waals surface area contributed by atoms with Gasteiger partial charge in [0.1, 0.15) is 17.6 Å². The summed E-state index contributed by atoms with van der Waals surface area (Å²) in [5.74, 6) is 1.52. The molecule has 0 fully saturated rings. The zero-order chi connectivity index (χ0) is 8.97. The quantitative estimate of drug-likeness (QED) is 0.811. The summed E-state index contributed by atoms with van der Waals surface area (Å²) in [4.78, 5) is 0. The van der Waals surface area contributed by atoms with Crippen LogP contribution in [0, 0.1) is 6.92 Å². The van der Waals surface area contributed by atoms with Gasteiger partial charge in [0.15, 0.2) is 0 Å². The fourth-order valence-electron chi connectivity index (χ4n) is 1.05. The summed E-state index contributed by atoms with van der Waals surface area (Å²) >= 11 is 3.31. The van der Waals surface area contributed by atoms with Crippen LogP contribution in [0.15, 0.2) is 16.5 Å². The highest BCUT2D eigenvalue weighted by atomic mass is 79.9. The number of halogens is 1. The van der Waals surface area contributed by atoms with Gasteiger partial charge in [-0.15, -0.1) is 0 Å². The van der Waals surface area contributed by atoms with Crippen LogP contribution < -0.4 is 0 Å². The zero-order valence-electron chi connectivity index (χ0n) is 7.09. The Bertz CT molecular complexity index is 232. The van der Waals surface area contributed by atoms with Crippen LogP contribution in [0.5, 0.6) is 0 Å². The Balaban J connectivity index is 2.47. The van der Waals surface area contributed by atoms with Gasteiger partial charge in [0.2, 0.25) is 0 Å². The summed E-state index contributed by atoms with van der Waals surface area (Å²) in [5.41, 5.74) is 0. The van der Waals surface area contributed by atoms with Crippen molar-refractivity contribution in [2.75, 3.05) is 5.33 Å². The molecule has 1 aromatic heterocycles. The fraction of sp³-hybridized carbons (Fsp3) is 0.556. The van der Waals surface area contributed by atoms with Crippen LogP contribution in [-0.2, 0) is 0 Å². The molecular formula is C9H13BrO2. The van der Waals surface area contributed by atoms with Gasteiger partial charge in [0, 0.05) is 5.33 Å². The van der Waals surface area contributed by atoms with Crippen LogP contribution >= 0.6 is 15.9 Å². The van der Waals surface area contributed by atoms with Crippen LogP contribution in [0.4, 0.5) is 0 Å². The van der Waals surface area contributed by atoms with Gasteiger partial charge in [-0.2, -0.15) is 0 Å². The molecule has 0 amide bonds. The van der Waals surface area contributed by atoms with E-state index >= 15 is 0 Å². The van der Waals surface area contributed by atoms with E-state index in [1.165, 1.54) is 0 Å². The van der Waals surface area contributed by atoms with Gasteiger partial charge in [-0.05, 0) is 31.9 Å². The highest BCUT2D eigenvalue weighted by Crippen LogP contribution is 2.20. The van der Waals surface area contributed by atoms with Gasteiger partial charge in [0.05, 0.1) is 0 Å². The maximum absolute atomic E-state index is 9.55. The molecule has 0 aliphatic heterocycles. The SMILES string of the molecule is Cc1ccc([C@@H](O)CCCBr)o1. The fourth-order valence-corrected chi connectivity index (χ4v) is 1.37. The highest BCUT2D eigenvalue weighted by molar-refractivity contribution is 9.09. The molecular weight excluding hydrogens is 220 g/mol. The molecule has 0 radical (unpaired) electrons. The summed E-state index contributed by atoms with van der Waals surface area (Å²) in [7, 11) is 0. The second kappa shape index (κ2) is 4.67. The molecule has 0 bridgehead atoms. The van der Waals surface area contributed by atoms with Gasteiger partial charge in [-0.3, -0.25) is 0 Å². The predicted molar refractivity (Wildman–Crippen MR) is 51.4 cm³/mol. The van der Waals surface area contributed by atoms with Crippen molar-refractivity contribution in [3.8, 4) is 0 Å². The van der Waals surface area contributed by atoms with E-state index in [-0.39, 0.29) is 0 Å². The normalized spacial score (nSPS) is 13.2. The Kier molecular flexibility index (Phi) is 3.82. The standard InChI is InChI=1S/C9H13BrO2/c1-7-4-5-9(12-7)8(11)3-2-6-10/h4-5,8,11H,2-3,6H2,1H3/t8-/m0/s1. The number of alkyl halides is 1. The monoisotopic (exact) mass is 232 g/mol. The lowest BCUT2D eigenvalue weighted by atomic mass is 10.2. The molecule has 12 heavy (non-hydrogen) atoms. The van der Waals surface area contributed by atoms with E-state index in [4.69, 9.17) is 4.42 Å². The number of rotatable bonds is 4. The van der Waals surface area contributed by atoms with Crippen molar-refractivity contribution in [1.29, 1.82) is 0 Å². The Hall–Kier alpha value is -0.280. The summed E-state index contributed by atoms with van der Waals surface area (Å²) in [6.45, 7) is 1.88. The van der Waals surface area contributed by atoms with Gasteiger partial charge < -0.3 is 9.52 Å². The predicted octanol–water partition coefficient (Wildman–Crippen LogP) is 2.80. The van der Waals surface area contributed by atoms with Crippen LogP contribution in [0.2, 0.25) is 0 Å². The molecule has 68 valence electrons. The first-order valence-corrected chi connectivity index (χ1v) is 5.16. The molecule has 1 N–H and O–H groups in total. The first kappa shape index (κ1) is 9.81. The van der Waals surface area contributed by atoms with Crippen molar-refractivity contribution in [2.45, 2.75) is 25.9 Å². The largest absolute Gasteiger partial charge is 0.464 e. The number of aliphatic hydroxyl groups is 1. The molecule has 0 aromatic carbocycles.